The van der Waals surface area contributed by atoms with Crippen molar-refractivity contribution in [3.05, 3.63) is 48.0 Å². The highest BCUT2D eigenvalue weighted by atomic mass is 32.2. The Morgan fingerprint density at radius 2 is 1.79 bits per heavy atom. The van der Waals surface area contributed by atoms with Gasteiger partial charge in [0.25, 0.3) is 0 Å². The summed E-state index contributed by atoms with van der Waals surface area (Å²) in [6, 6.07) is 15.2. The van der Waals surface area contributed by atoms with E-state index in [1.807, 2.05) is 6.07 Å². The first-order chi connectivity index (χ1) is 14.0. The van der Waals surface area contributed by atoms with Crippen LogP contribution in [0.3, 0.4) is 0 Å². The van der Waals surface area contributed by atoms with E-state index in [1.54, 1.807) is 18.9 Å². The second-order valence-corrected chi connectivity index (χ2v) is 8.39. The van der Waals surface area contributed by atoms with Crippen LogP contribution in [0.15, 0.2) is 47.4 Å². The predicted molar refractivity (Wildman–Crippen MR) is 124 cm³/mol. The minimum absolute atomic E-state index is 0.771. The number of hydrogen-bond donors (Lipinski definition) is 0. The zero-order chi connectivity index (χ0) is 20.8. The van der Waals surface area contributed by atoms with E-state index in [4.69, 9.17) is 9.47 Å². The van der Waals surface area contributed by atoms with Crippen molar-refractivity contribution in [2.24, 2.45) is 0 Å². The fourth-order valence-electron chi connectivity index (χ4n) is 3.66. The number of aryl methyl sites for hydroxylation is 2. The van der Waals surface area contributed by atoms with Crippen LogP contribution in [-0.4, -0.2) is 56.7 Å². The van der Waals surface area contributed by atoms with Gasteiger partial charge in [-0.1, -0.05) is 12.1 Å². The van der Waals surface area contributed by atoms with Gasteiger partial charge in [-0.15, -0.1) is 11.8 Å². The summed E-state index contributed by atoms with van der Waals surface area (Å²) < 4.78 is 13.7. The summed E-state index contributed by atoms with van der Waals surface area (Å²) in [5.41, 5.74) is 5.09. The third-order valence-electron chi connectivity index (χ3n) is 5.24. The molecule has 3 rings (SSSR count). The first-order valence-corrected chi connectivity index (χ1v) is 11.3. The Bertz CT molecular complexity index is 932. The van der Waals surface area contributed by atoms with E-state index < -0.39 is 0 Å². The molecule has 29 heavy (non-hydrogen) atoms. The largest absolute Gasteiger partial charge is 0.497 e. The Morgan fingerprint density at radius 3 is 2.45 bits per heavy atom. The molecule has 0 aliphatic heterocycles. The molecule has 0 bridgehead atoms. The third kappa shape index (κ3) is 5.16. The van der Waals surface area contributed by atoms with Crippen LogP contribution in [0.1, 0.15) is 12.0 Å². The zero-order valence-corrected chi connectivity index (χ0v) is 19.0. The topological polar surface area (TPSA) is 26.6 Å². The fourth-order valence-corrected chi connectivity index (χ4v) is 4.06. The molecular weight excluding hydrogens is 380 g/mol. The standard InChI is InChI=1S/C24H32N2O2S/c1-18-22-17-20(27-4)9-12-23(22)26(13-6-15-28-16-14-25(2)3)24(18)19-7-10-21(29-5)11-8-19/h7-12,17H,6,13-16H2,1-5H3. The molecule has 0 saturated carbocycles. The highest BCUT2D eigenvalue weighted by Crippen LogP contribution is 2.36. The summed E-state index contributed by atoms with van der Waals surface area (Å²) in [5.74, 6) is 0.897. The Balaban J connectivity index is 1.90. The van der Waals surface area contributed by atoms with Crippen LogP contribution in [0.25, 0.3) is 22.2 Å². The molecule has 0 atom stereocenters. The number of likely N-dealkylation sites (N-methyl/N-ethyl adjacent to an activating group) is 1. The van der Waals surface area contributed by atoms with E-state index in [0.29, 0.717) is 0 Å². The smallest absolute Gasteiger partial charge is 0.119 e. The van der Waals surface area contributed by atoms with E-state index in [2.05, 4.69) is 73.1 Å². The van der Waals surface area contributed by atoms with Crippen LogP contribution >= 0.6 is 11.8 Å². The summed E-state index contributed by atoms with van der Waals surface area (Å²) in [4.78, 5) is 3.43. The van der Waals surface area contributed by atoms with Gasteiger partial charge in [0.2, 0.25) is 0 Å². The summed E-state index contributed by atoms with van der Waals surface area (Å²) in [6.45, 7) is 5.65. The number of aromatic nitrogens is 1. The average Bonchev–Trinajstić information content (AvgIpc) is 3.01. The number of fused-ring (bicyclic) bond motifs is 1. The second kappa shape index (κ2) is 10.2. The average molecular weight is 413 g/mol. The third-order valence-corrected chi connectivity index (χ3v) is 5.98. The van der Waals surface area contributed by atoms with Crippen molar-refractivity contribution >= 4 is 22.7 Å². The molecule has 1 aromatic heterocycles. The SMILES string of the molecule is COc1ccc2c(c1)c(C)c(-c1ccc(SC)cc1)n2CCCOCCN(C)C. The van der Waals surface area contributed by atoms with E-state index in [9.17, 15) is 0 Å². The van der Waals surface area contributed by atoms with Gasteiger partial charge >= 0.3 is 0 Å². The lowest BCUT2D eigenvalue weighted by Gasteiger charge is -2.13. The Labute approximate surface area is 178 Å². The molecule has 1 heterocycles. The van der Waals surface area contributed by atoms with Crippen LogP contribution in [0.5, 0.6) is 5.75 Å². The number of benzene rings is 2. The Morgan fingerprint density at radius 1 is 1.03 bits per heavy atom. The molecule has 4 nitrogen and oxygen atoms in total. The monoisotopic (exact) mass is 412 g/mol. The molecule has 156 valence electrons. The van der Waals surface area contributed by atoms with Crippen molar-refractivity contribution in [1.82, 2.24) is 9.47 Å². The number of nitrogens with zero attached hydrogens (tertiary/aromatic N) is 2. The molecule has 0 spiro atoms. The van der Waals surface area contributed by atoms with Crippen molar-refractivity contribution < 1.29 is 9.47 Å². The molecule has 0 fully saturated rings. The maximum absolute atomic E-state index is 5.82. The van der Waals surface area contributed by atoms with Crippen LogP contribution in [0.4, 0.5) is 0 Å². The van der Waals surface area contributed by atoms with Crippen LogP contribution in [-0.2, 0) is 11.3 Å². The van der Waals surface area contributed by atoms with Gasteiger partial charge in [0, 0.05) is 35.5 Å². The highest BCUT2D eigenvalue weighted by molar-refractivity contribution is 7.98. The minimum Gasteiger partial charge on any atom is -0.497 e. The molecule has 2 aromatic carbocycles. The molecule has 0 unspecified atom stereocenters. The maximum Gasteiger partial charge on any atom is 0.119 e. The molecule has 0 radical (unpaired) electrons. The van der Waals surface area contributed by atoms with Crippen LogP contribution < -0.4 is 4.74 Å². The first-order valence-electron chi connectivity index (χ1n) is 10.1. The molecule has 0 saturated heterocycles. The van der Waals surface area contributed by atoms with Crippen molar-refractivity contribution in [3.8, 4) is 17.0 Å². The van der Waals surface area contributed by atoms with Crippen molar-refractivity contribution in [3.63, 3.8) is 0 Å². The van der Waals surface area contributed by atoms with Gasteiger partial charge in [-0.2, -0.15) is 0 Å². The minimum atomic E-state index is 0.771. The van der Waals surface area contributed by atoms with Gasteiger partial charge in [-0.3, -0.25) is 0 Å². The molecule has 3 aromatic rings. The molecular formula is C24H32N2O2S. The van der Waals surface area contributed by atoms with Crippen molar-refractivity contribution in [1.29, 1.82) is 0 Å². The maximum atomic E-state index is 5.82. The van der Waals surface area contributed by atoms with E-state index in [0.717, 1.165) is 38.5 Å². The lowest BCUT2D eigenvalue weighted by Crippen LogP contribution is -2.18. The molecule has 0 amide bonds. The van der Waals surface area contributed by atoms with Gasteiger partial charge in [0.05, 0.1) is 19.4 Å². The van der Waals surface area contributed by atoms with Crippen molar-refractivity contribution in [2.75, 3.05) is 47.2 Å². The number of rotatable bonds is 10. The number of methoxy groups -OCH3 is 1. The normalized spacial score (nSPS) is 11.5. The number of thioether (sulfide) groups is 1. The summed E-state index contributed by atoms with van der Waals surface area (Å²) in [6.07, 6.45) is 3.10. The molecule has 0 aliphatic rings. The zero-order valence-electron chi connectivity index (χ0n) is 18.2. The second-order valence-electron chi connectivity index (χ2n) is 7.51. The summed E-state index contributed by atoms with van der Waals surface area (Å²) in [7, 11) is 5.86. The number of hydrogen-bond acceptors (Lipinski definition) is 4. The first kappa shape index (κ1) is 21.8. The van der Waals surface area contributed by atoms with Crippen LogP contribution in [0, 0.1) is 6.92 Å². The lowest BCUT2D eigenvalue weighted by molar-refractivity contribution is 0.113. The van der Waals surface area contributed by atoms with E-state index >= 15 is 0 Å². The molecule has 0 N–H and O–H groups in total. The van der Waals surface area contributed by atoms with E-state index in [1.165, 1.54) is 32.6 Å². The van der Waals surface area contributed by atoms with Gasteiger partial charge in [0.1, 0.15) is 5.75 Å². The Hall–Kier alpha value is -1.95. The summed E-state index contributed by atoms with van der Waals surface area (Å²) >= 11 is 1.77. The highest BCUT2D eigenvalue weighted by Gasteiger charge is 2.16. The lowest BCUT2D eigenvalue weighted by atomic mass is 10.1. The van der Waals surface area contributed by atoms with E-state index in [-0.39, 0.29) is 0 Å². The van der Waals surface area contributed by atoms with Gasteiger partial charge < -0.3 is 18.9 Å². The summed E-state index contributed by atoms with van der Waals surface area (Å²) in [5, 5.41) is 1.25. The molecule has 0 aliphatic carbocycles. The number of ether oxygens (including phenoxy) is 2. The van der Waals surface area contributed by atoms with Gasteiger partial charge in [-0.05, 0) is 75.2 Å². The van der Waals surface area contributed by atoms with Crippen molar-refractivity contribution in [2.45, 2.75) is 24.8 Å². The van der Waals surface area contributed by atoms with Crippen LogP contribution in [0.2, 0.25) is 0 Å². The fraction of sp³-hybridized carbons (Fsp3) is 0.417. The van der Waals surface area contributed by atoms with Gasteiger partial charge in [0.15, 0.2) is 0 Å². The predicted octanol–water partition coefficient (Wildman–Crippen LogP) is 5.32. The van der Waals surface area contributed by atoms with Gasteiger partial charge in [-0.25, -0.2) is 0 Å². The molecule has 5 heteroatoms. The Kier molecular flexibility index (Phi) is 7.64. The quantitative estimate of drug-likeness (QED) is 0.333.